The van der Waals surface area contributed by atoms with E-state index >= 15 is 0 Å². The second-order valence-corrected chi connectivity index (χ2v) is 4.58. The largest absolute Gasteiger partial charge is 0.612 e. The molecule has 0 N–H and O–H groups in total. The number of ether oxygens (including phenoxy) is 1. The smallest absolute Gasteiger partial charge is 0.194 e. The third-order valence-corrected chi connectivity index (χ3v) is 3.02. The van der Waals surface area contributed by atoms with E-state index < -0.39 is 11.2 Å². The first-order valence-electron chi connectivity index (χ1n) is 4.84. The van der Waals surface area contributed by atoms with Gasteiger partial charge in [-0.15, -0.1) is 0 Å². The summed E-state index contributed by atoms with van der Waals surface area (Å²) in [6.07, 6.45) is 1.64. The molecule has 2 nitrogen and oxygen atoms in total. The van der Waals surface area contributed by atoms with Crippen molar-refractivity contribution < 1.29 is 9.29 Å². The molecule has 2 aromatic rings. The number of benzene rings is 2. The Morgan fingerprint density at radius 3 is 2.56 bits per heavy atom. The Bertz CT molecular complexity index is 454. The molecular formula is C13H11O2S. The van der Waals surface area contributed by atoms with Gasteiger partial charge in [0.15, 0.2) is 10.6 Å². The van der Waals surface area contributed by atoms with Gasteiger partial charge in [0, 0.05) is 6.07 Å². The fraction of sp³-hybridized carbons (Fsp3) is 0.0769. The van der Waals surface area contributed by atoms with Crippen molar-refractivity contribution in [2.75, 3.05) is 6.26 Å². The van der Waals surface area contributed by atoms with E-state index in [1.165, 1.54) is 0 Å². The molecule has 0 heterocycles. The van der Waals surface area contributed by atoms with Crippen molar-refractivity contribution >= 4 is 11.2 Å². The van der Waals surface area contributed by atoms with Crippen LogP contribution < -0.4 is 4.74 Å². The number of rotatable bonds is 3. The van der Waals surface area contributed by atoms with E-state index in [1.54, 1.807) is 24.5 Å². The van der Waals surface area contributed by atoms with Crippen LogP contribution in [0.15, 0.2) is 53.4 Å². The molecule has 0 aliphatic carbocycles. The van der Waals surface area contributed by atoms with Gasteiger partial charge in [-0.2, -0.15) is 0 Å². The molecule has 0 amide bonds. The van der Waals surface area contributed by atoms with Crippen LogP contribution in [0.1, 0.15) is 0 Å². The predicted octanol–water partition coefficient (Wildman–Crippen LogP) is 3.02. The van der Waals surface area contributed by atoms with E-state index in [9.17, 15) is 4.55 Å². The Morgan fingerprint density at radius 2 is 1.88 bits per heavy atom. The standard InChI is InChI=1S/C13H11O2S/c1-16(14)13-10-6-5-9-12(13)15-11-7-3-2-4-8-11/h2-7,9-10H,1H3. The molecule has 0 aliphatic rings. The van der Waals surface area contributed by atoms with Crippen molar-refractivity contribution in [2.24, 2.45) is 0 Å². The van der Waals surface area contributed by atoms with Crippen LogP contribution in [-0.2, 0) is 11.2 Å². The van der Waals surface area contributed by atoms with Crippen LogP contribution >= 0.6 is 0 Å². The summed E-state index contributed by atoms with van der Waals surface area (Å²) in [6, 6.07) is 17.6. The zero-order chi connectivity index (χ0) is 11.4. The Kier molecular flexibility index (Phi) is 3.49. The predicted molar refractivity (Wildman–Crippen MR) is 64.1 cm³/mol. The van der Waals surface area contributed by atoms with Crippen LogP contribution in [0.5, 0.6) is 11.5 Å². The maximum Gasteiger partial charge on any atom is 0.194 e. The van der Waals surface area contributed by atoms with E-state index in [2.05, 4.69) is 6.07 Å². The van der Waals surface area contributed by atoms with Crippen LogP contribution in [0.25, 0.3) is 0 Å². The average molecular weight is 231 g/mol. The minimum absolute atomic E-state index is 0.616. The molecule has 2 aromatic carbocycles. The van der Waals surface area contributed by atoms with Gasteiger partial charge in [-0.05, 0) is 29.4 Å². The lowest BCUT2D eigenvalue weighted by atomic mass is 10.3. The molecule has 0 aliphatic heterocycles. The van der Waals surface area contributed by atoms with Gasteiger partial charge in [0.25, 0.3) is 0 Å². The second kappa shape index (κ2) is 5.05. The molecule has 1 atom stereocenters. The van der Waals surface area contributed by atoms with Crippen molar-refractivity contribution in [3.05, 3.63) is 54.6 Å². The van der Waals surface area contributed by atoms with E-state index in [0.717, 1.165) is 0 Å². The zero-order valence-electron chi connectivity index (χ0n) is 8.84. The molecule has 0 spiro atoms. The van der Waals surface area contributed by atoms with Gasteiger partial charge >= 0.3 is 0 Å². The summed E-state index contributed by atoms with van der Waals surface area (Å²) in [5.74, 6) is 1.24. The van der Waals surface area contributed by atoms with Gasteiger partial charge in [-0.1, -0.05) is 30.3 Å². The van der Waals surface area contributed by atoms with Crippen molar-refractivity contribution in [3.8, 4) is 11.5 Å². The number of hydrogen-bond donors (Lipinski definition) is 0. The van der Waals surface area contributed by atoms with Crippen LogP contribution in [0.2, 0.25) is 0 Å². The summed E-state index contributed by atoms with van der Waals surface area (Å²) in [5, 5.41) is 0. The molecule has 2 rings (SSSR count). The lowest BCUT2D eigenvalue weighted by molar-refractivity contribution is 0.467. The molecule has 0 saturated heterocycles. The van der Waals surface area contributed by atoms with Crippen molar-refractivity contribution in [1.29, 1.82) is 0 Å². The van der Waals surface area contributed by atoms with Gasteiger partial charge in [-0.3, -0.25) is 0 Å². The highest BCUT2D eigenvalue weighted by Gasteiger charge is 2.12. The molecule has 0 aromatic heterocycles. The van der Waals surface area contributed by atoms with E-state index in [4.69, 9.17) is 4.74 Å². The summed E-state index contributed by atoms with van der Waals surface area (Å²) in [7, 11) is 0. The summed E-state index contributed by atoms with van der Waals surface area (Å²) >= 11 is -1.05. The van der Waals surface area contributed by atoms with Crippen LogP contribution in [0.4, 0.5) is 0 Å². The lowest BCUT2D eigenvalue weighted by Gasteiger charge is -2.10. The van der Waals surface area contributed by atoms with Crippen molar-refractivity contribution in [2.45, 2.75) is 4.90 Å². The fourth-order valence-electron chi connectivity index (χ4n) is 1.33. The Balaban J connectivity index is 2.28. The normalized spacial score (nSPS) is 12.1. The highest BCUT2D eigenvalue weighted by atomic mass is 32.2. The van der Waals surface area contributed by atoms with E-state index in [-0.39, 0.29) is 0 Å². The number of hydrogen-bond acceptors (Lipinski definition) is 2. The third-order valence-electron chi connectivity index (χ3n) is 2.06. The summed E-state index contributed by atoms with van der Waals surface area (Å²) < 4.78 is 17.1. The molecular weight excluding hydrogens is 220 g/mol. The van der Waals surface area contributed by atoms with Gasteiger partial charge < -0.3 is 9.29 Å². The lowest BCUT2D eigenvalue weighted by Crippen LogP contribution is -1.99. The van der Waals surface area contributed by atoms with Crippen molar-refractivity contribution in [3.63, 3.8) is 0 Å². The third kappa shape index (κ3) is 2.56. The van der Waals surface area contributed by atoms with Crippen LogP contribution in [0.3, 0.4) is 0 Å². The minimum atomic E-state index is -1.05. The Hall–Kier alpha value is -1.45. The van der Waals surface area contributed by atoms with E-state index in [0.29, 0.717) is 16.4 Å². The minimum Gasteiger partial charge on any atom is -0.612 e. The monoisotopic (exact) mass is 231 g/mol. The first kappa shape index (κ1) is 11.0. The molecule has 3 heteroatoms. The second-order valence-electron chi connectivity index (χ2n) is 3.23. The zero-order valence-corrected chi connectivity index (χ0v) is 9.66. The molecule has 1 unspecified atom stereocenters. The quantitative estimate of drug-likeness (QED) is 0.760. The van der Waals surface area contributed by atoms with Gasteiger partial charge in [0.05, 0.1) is 0 Å². The summed E-state index contributed by atoms with van der Waals surface area (Å²) in [6.45, 7) is 0. The fourth-order valence-corrected chi connectivity index (χ4v) is 1.99. The molecule has 81 valence electrons. The maximum atomic E-state index is 11.5. The number of para-hydroxylation sites is 2. The molecule has 0 bridgehead atoms. The molecule has 0 saturated carbocycles. The summed E-state index contributed by atoms with van der Waals surface area (Å²) in [5.41, 5.74) is 0. The topological polar surface area (TPSA) is 32.3 Å². The highest BCUT2D eigenvalue weighted by Crippen LogP contribution is 2.27. The summed E-state index contributed by atoms with van der Waals surface area (Å²) in [4.78, 5) is 0.694. The first-order valence-corrected chi connectivity index (χ1v) is 6.40. The SMILES string of the molecule is C[S+]([O-])c1ccccc1Oc1[c]cccc1. The van der Waals surface area contributed by atoms with Crippen molar-refractivity contribution in [1.82, 2.24) is 0 Å². The Labute approximate surface area is 98.1 Å². The highest BCUT2D eigenvalue weighted by molar-refractivity contribution is 7.90. The van der Waals surface area contributed by atoms with Gasteiger partial charge in [0.1, 0.15) is 12.0 Å². The molecule has 1 radical (unpaired) electrons. The molecule has 0 fully saturated rings. The van der Waals surface area contributed by atoms with Gasteiger partial charge in [-0.25, -0.2) is 0 Å². The van der Waals surface area contributed by atoms with Gasteiger partial charge in [0.2, 0.25) is 0 Å². The van der Waals surface area contributed by atoms with Crippen LogP contribution in [-0.4, -0.2) is 10.8 Å². The van der Waals surface area contributed by atoms with E-state index in [1.807, 2.05) is 30.3 Å². The Morgan fingerprint density at radius 1 is 1.12 bits per heavy atom. The van der Waals surface area contributed by atoms with Crippen LogP contribution in [0, 0.1) is 6.07 Å². The average Bonchev–Trinajstić information content (AvgIpc) is 2.31. The maximum absolute atomic E-state index is 11.5. The molecule has 16 heavy (non-hydrogen) atoms. The first-order chi connectivity index (χ1) is 7.77.